The Balaban J connectivity index is 1.85. The first-order valence-electron chi connectivity index (χ1n) is 10.8. The summed E-state index contributed by atoms with van der Waals surface area (Å²) in [5.41, 5.74) is 1.31. The zero-order chi connectivity index (χ0) is 23.8. The average molecular weight is 468 g/mol. The molecule has 33 heavy (non-hydrogen) atoms. The topological polar surface area (TPSA) is 89.4 Å². The second-order valence-electron chi connectivity index (χ2n) is 7.76. The minimum Gasteiger partial charge on any atom is -0.383 e. The molecule has 1 atom stereocenters. The Hall–Kier alpha value is -3.23. The highest BCUT2D eigenvalue weighted by Gasteiger charge is 2.22. The van der Waals surface area contributed by atoms with Crippen molar-refractivity contribution in [1.29, 1.82) is 0 Å². The largest absolute Gasteiger partial charge is 0.383 e. The first-order valence-corrected chi connectivity index (χ1v) is 11.7. The number of hydrogen-bond acceptors (Lipinski definition) is 5. The Labute approximate surface area is 197 Å². The number of carbonyl (C=O) groups excluding carboxylic acids is 2. The predicted molar refractivity (Wildman–Crippen MR) is 130 cm³/mol. The zero-order valence-electron chi connectivity index (χ0n) is 19.1. The van der Waals surface area contributed by atoms with Crippen molar-refractivity contribution < 1.29 is 14.3 Å². The number of thiophene rings is 1. The fraction of sp³-hybridized carbons (Fsp3) is 0.320. The van der Waals surface area contributed by atoms with Crippen molar-refractivity contribution in [1.82, 2.24) is 15.2 Å². The van der Waals surface area contributed by atoms with Crippen molar-refractivity contribution in [2.45, 2.75) is 39.4 Å². The first kappa shape index (κ1) is 24.4. The van der Waals surface area contributed by atoms with Gasteiger partial charge in [-0.05, 0) is 30.4 Å². The maximum atomic E-state index is 13.1. The summed E-state index contributed by atoms with van der Waals surface area (Å²) >= 11 is 1.55. The maximum absolute atomic E-state index is 13.1. The van der Waals surface area contributed by atoms with Crippen LogP contribution in [0.5, 0.6) is 0 Å². The molecule has 0 aliphatic rings. The van der Waals surface area contributed by atoms with E-state index in [1.165, 1.54) is 12.4 Å². The van der Waals surface area contributed by atoms with Crippen LogP contribution in [0.1, 0.15) is 56.1 Å². The molecular formula is C25H29N3O4S. The van der Waals surface area contributed by atoms with Crippen molar-refractivity contribution in [3.8, 4) is 0 Å². The minimum absolute atomic E-state index is 0.0657. The summed E-state index contributed by atoms with van der Waals surface area (Å²) in [5, 5.41) is 7.67. The van der Waals surface area contributed by atoms with Crippen molar-refractivity contribution in [2.75, 3.05) is 13.7 Å². The SMILES string of the molecule is CCC(NC(=O)c1cn(CCOC)cc(C(=O)NCc2ccc(C)cc2)c1=O)c1cccs1. The van der Waals surface area contributed by atoms with Gasteiger partial charge >= 0.3 is 0 Å². The monoisotopic (exact) mass is 467 g/mol. The number of aromatic nitrogens is 1. The Morgan fingerprint density at radius 2 is 1.79 bits per heavy atom. The van der Waals surface area contributed by atoms with Gasteiger partial charge in [0.15, 0.2) is 0 Å². The van der Waals surface area contributed by atoms with Crippen LogP contribution in [0.3, 0.4) is 0 Å². The van der Waals surface area contributed by atoms with Crippen LogP contribution in [-0.2, 0) is 17.8 Å². The van der Waals surface area contributed by atoms with E-state index in [-0.39, 0.29) is 23.7 Å². The molecule has 174 valence electrons. The number of nitrogens with one attached hydrogen (secondary N) is 2. The van der Waals surface area contributed by atoms with E-state index in [2.05, 4.69) is 10.6 Å². The highest BCUT2D eigenvalue weighted by atomic mass is 32.1. The molecule has 0 aliphatic heterocycles. The van der Waals surface area contributed by atoms with Crippen LogP contribution in [0, 0.1) is 6.92 Å². The van der Waals surface area contributed by atoms with E-state index < -0.39 is 17.2 Å². The lowest BCUT2D eigenvalue weighted by atomic mass is 10.1. The van der Waals surface area contributed by atoms with E-state index >= 15 is 0 Å². The molecule has 3 rings (SSSR count). The van der Waals surface area contributed by atoms with Crippen molar-refractivity contribution in [3.05, 3.63) is 91.5 Å². The fourth-order valence-corrected chi connectivity index (χ4v) is 4.23. The molecule has 2 amide bonds. The van der Waals surface area contributed by atoms with Gasteiger partial charge in [-0.1, -0.05) is 42.8 Å². The van der Waals surface area contributed by atoms with E-state index in [0.717, 1.165) is 16.0 Å². The molecule has 1 aromatic carbocycles. The van der Waals surface area contributed by atoms with Gasteiger partial charge in [-0.15, -0.1) is 11.3 Å². The number of aryl methyl sites for hydroxylation is 1. The molecule has 0 saturated carbocycles. The van der Waals surface area contributed by atoms with Gasteiger partial charge in [0.25, 0.3) is 11.8 Å². The Kier molecular flexibility index (Phi) is 8.57. The van der Waals surface area contributed by atoms with Gasteiger partial charge in [-0.3, -0.25) is 14.4 Å². The highest BCUT2D eigenvalue weighted by molar-refractivity contribution is 7.10. The molecule has 2 aromatic heterocycles. The smallest absolute Gasteiger partial charge is 0.257 e. The maximum Gasteiger partial charge on any atom is 0.257 e. The van der Waals surface area contributed by atoms with Crippen LogP contribution in [0.4, 0.5) is 0 Å². The number of amides is 2. The molecule has 7 nitrogen and oxygen atoms in total. The zero-order valence-corrected chi connectivity index (χ0v) is 19.9. The summed E-state index contributed by atoms with van der Waals surface area (Å²) in [6.45, 7) is 5.02. The summed E-state index contributed by atoms with van der Waals surface area (Å²) in [4.78, 5) is 40.1. The summed E-state index contributed by atoms with van der Waals surface area (Å²) in [6, 6.07) is 11.4. The van der Waals surface area contributed by atoms with Crippen LogP contribution in [-0.4, -0.2) is 30.1 Å². The van der Waals surface area contributed by atoms with Gasteiger partial charge in [-0.2, -0.15) is 0 Å². The molecule has 2 heterocycles. The molecule has 2 N–H and O–H groups in total. The minimum atomic E-state index is -0.594. The summed E-state index contributed by atoms with van der Waals surface area (Å²) < 4.78 is 6.77. The van der Waals surface area contributed by atoms with Crippen LogP contribution in [0.2, 0.25) is 0 Å². The van der Waals surface area contributed by atoms with Crippen molar-refractivity contribution >= 4 is 23.2 Å². The van der Waals surface area contributed by atoms with Crippen molar-refractivity contribution in [3.63, 3.8) is 0 Å². The normalized spacial score (nSPS) is 11.7. The lowest BCUT2D eigenvalue weighted by molar-refractivity contribution is 0.0933. The molecule has 0 radical (unpaired) electrons. The number of carbonyl (C=O) groups is 2. The second kappa shape index (κ2) is 11.6. The molecule has 0 spiro atoms. The van der Waals surface area contributed by atoms with Crippen LogP contribution < -0.4 is 16.1 Å². The summed E-state index contributed by atoms with van der Waals surface area (Å²) in [5.74, 6) is -1.02. The third kappa shape index (κ3) is 6.40. The van der Waals surface area contributed by atoms with Gasteiger partial charge in [0.05, 0.1) is 12.6 Å². The molecule has 3 aromatic rings. The number of nitrogens with zero attached hydrogens (tertiary/aromatic N) is 1. The van der Waals surface area contributed by atoms with Gasteiger partial charge in [0, 0.05) is 37.5 Å². The van der Waals surface area contributed by atoms with E-state index in [1.54, 1.807) is 23.0 Å². The van der Waals surface area contributed by atoms with E-state index in [0.29, 0.717) is 19.6 Å². The molecule has 0 saturated heterocycles. The van der Waals surface area contributed by atoms with Crippen LogP contribution in [0.15, 0.2) is 59.0 Å². The number of hydrogen-bond donors (Lipinski definition) is 2. The highest BCUT2D eigenvalue weighted by Crippen LogP contribution is 2.22. The van der Waals surface area contributed by atoms with E-state index in [4.69, 9.17) is 4.74 Å². The summed E-state index contributed by atoms with van der Waals surface area (Å²) in [6.07, 6.45) is 3.63. The predicted octanol–water partition coefficient (Wildman–Crippen LogP) is 3.68. The van der Waals surface area contributed by atoms with E-state index in [1.807, 2.05) is 55.6 Å². The first-order chi connectivity index (χ1) is 15.9. The number of methoxy groups -OCH3 is 1. The van der Waals surface area contributed by atoms with Gasteiger partial charge in [0.2, 0.25) is 5.43 Å². The third-order valence-corrected chi connectivity index (χ3v) is 6.28. The van der Waals surface area contributed by atoms with E-state index in [9.17, 15) is 14.4 Å². The molecule has 8 heteroatoms. The molecule has 0 fully saturated rings. The number of ether oxygens (including phenoxy) is 1. The summed E-state index contributed by atoms with van der Waals surface area (Å²) in [7, 11) is 1.57. The standard InChI is InChI=1S/C25H29N3O4S/c1-4-21(22-6-5-13-33-22)27-25(31)20-16-28(11-12-32-3)15-19(23(20)29)24(30)26-14-18-9-7-17(2)8-10-18/h5-10,13,15-16,21H,4,11-12,14H2,1-3H3,(H,26,30)(H,27,31). The van der Waals surface area contributed by atoms with Crippen LogP contribution in [0.25, 0.3) is 0 Å². The molecule has 0 bridgehead atoms. The molecule has 1 unspecified atom stereocenters. The third-order valence-electron chi connectivity index (χ3n) is 5.30. The molecule has 0 aliphatic carbocycles. The average Bonchev–Trinajstić information content (AvgIpc) is 3.36. The number of rotatable bonds is 10. The Bertz CT molecular complexity index is 1140. The number of pyridine rings is 1. The Morgan fingerprint density at radius 1 is 1.09 bits per heavy atom. The second-order valence-corrected chi connectivity index (χ2v) is 8.74. The Morgan fingerprint density at radius 3 is 2.39 bits per heavy atom. The van der Waals surface area contributed by atoms with Crippen LogP contribution >= 0.6 is 11.3 Å². The molecular weight excluding hydrogens is 438 g/mol. The lowest BCUT2D eigenvalue weighted by Gasteiger charge is -2.17. The van der Waals surface area contributed by atoms with Gasteiger partial charge in [-0.25, -0.2) is 0 Å². The van der Waals surface area contributed by atoms with Gasteiger partial charge in [0.1, 0.15) is 11.1 Å². The van der Waals surface area contributed by atoms with Crippen molar-refractivity contribution in [2.24, 2.45) is 0 Å². The fourth-order valence-electron chi connectivity index (χ4n) is 3.36. The quantitative estimate of drug-likeness (QED) is 0.476. The van der Waals surface area contributed by atoms with Gasteiger partial charge < -0.3 is 19.9 Å². The number of benzene rings is 1. The lowest BCUT2D eigenvalue weighted by Crippen LogP contribution is -2.36.